The number of halogens is 1. The van der Waals surface area contributed by atoms with E-state index in [4.69, 9.17) is 11.6 Å². The molecule has 94 valence electrons. The zero-order valence-corrected chi connectivity index (χ0v) is 10.8. The molecule has 0 N–H and O–H groups in total. The fourth-order valence-corrected chi connectivity index (χ4v) is 2.01. The van der Waals surface area contributed by atoms with Gasteiger partial charge in [0.2, 0.25) is 5.78 Å². The molecule has 0 atom stereocenters. The molecule has 0 spiro atoms. The van der Waals surface area contributed by atoms with E-state index in [1.165, 1.54) is 6.33 Å². The van der Waals surface area contributed by atoms with Crippen molar-refractivity contribution in [1.29, 1.82) is 0 Å². The van der Waals surface area contributed by atoms with Gasteiger partial charge in [0.1, 0.15) is 12.0 Å². The van der Waals surface area contributed by atoms with Crippen LogP contribution in [-0.2, 0) is 7.05 Å². The smallest absolute Gasteiger partial charge is 0.212 e. The fourth-order valence-electron chi connectivity index (χ4n) is 1.88. The van der Waals surface area contributed by atoms with Crippen molar-refractivity contribution in [2.24, 2.45) is 7.05 Å². The standard InChI is InChI=1S/C13H9ClN4O/c1-18-13-10(6-17-18)11(15-7-16-13)12(19)8-2-4-9(14)5-3-8/h2-7H,1H3. The van der Waals surface area contributed by atoms with E-state index in [1.807, 2.05) is 0 Å². The zero-order chi connectivity index (χ0) is 13.4. The van der Waals surface area contributed by atoms with Crippen LogP contribution in [0.1, 0.15) is 16.1 Å². The van der Waals surface area contributed by atoms with E-state index in [1.54, 1.807) is 42.2 Å². The molecule has 3 aromatic rings. The molecule has 0 radical (unpaired) electrons. The van der Waals surface area contributed by atoms with Crippen LogP contribution in [0.25, 0.3) is 11.0 Å². The van der Waals surface area contributed by atoms with Gasteiger partial charge in [0.15, 0.2) is 5.65 Å². The molecule has 19 heavy (non-hydrogen) atoms. The summed E-state index contributed by atoms with van der Waals surface area (Å²) in [6.07, 6.45) is 2.96. The second kappa shape index (κ2) is 4.44. The van der Waals surface area contributed by atoms with Crippen molar-refractivity contribution >= 4 is 28.4 Å². The number of hydrogen-bond donors (Lipinski definition) is 0. The Morgan fingerprint density at radius 2 is 1.95 bits per heavy atom. The molecular weight excluding hydrogens is 264 g/mol. The minimum atomic E-state index is -0.169. The Kier molecular flexibility index (Phi) is 2.76. The third-order valence-corrected chi connectivity index (χ3v) is 3.10. The number of carbonyl (C=O) groups excluding carboxylic acids is 1. The second-order valence-corrected chi connectivity index (χ2v) is 4.50. The average Bonchev–Trinajstić information content (AvgIpc) is 2.81. The molecule has 0 saturated carbocycles. The summed E-state index contributed by atoms with van der Waals surface area (Å²) in [5.41, 5.74) is 1.51. The van der Waals surface area contributed by atoms with Gasteiger partial charge in [-0.05, 0) is 24.3 Å². The van der Waals surface area contributed by atoms with E-state index >= 15 is 0 Å². The van der Waals surface area contributed by atoms with Gasteiger partial charge in [0.25, 0.3) is 0 Å². The molecule has 0 aliphatic heterocycles. The van der Waals surface area contributed by atoms with Gasteiger partial charge >= 0.3 is 0 Å². The summed E-state index contributed by atoms with van der Waals surface area (Å²) in [6.45, 7) is 0. The Hall–Kier alpha value is -2.27. The number of benzene rings is 1. The summed E-state index contributed by atoms with van der Waals surface area (Å²) >= 11 is 5.81. The first kappa shape index (κ1) is 11.8. The largest absolute Gasteiger partial charge is 0.287 e. The lowest BCUT2D eigenvalue weighted by molar-refractivity contribution is 0.103. The predicted molar refractivity (Wildman–Crippen MR) is 71.2 cm³/mol. The van der Waals surface area contributed by atoms with Crippen LogP contribution in [0, 0.1) is 0 Å². The maximum Gasteiger partial charge on any atom is 0.212 e. The Morgan fingerprint density at radius 1 is 1.21 bits per heavy atom. The van der Waals surface area contributed by atoms with Crippen molar-refractivity contribution in [3.63, 3.8) is 0 Å². The summed E-state index contributed by atoms with van der Waals surface area (Å²) in [4.78, 5) is 20.6. The van der Waals surface area contributed by atoms with Crippen molar-refractivity contribution < 1.29 is 4.79 Å². The van der Waals surface area contributed by atoms with Crippen LogP contribution in [0.15, 0.2) is 36.8 Å². The molecule has 5 nitrogen and oxygen atoms in total. The summed E-state index contributed by atoms with van der Waals surface area (Å²) in [5, 5.41) is 5.32. The molecule has 1 aromatic carbocycles. The molecular formula is C13H9ClN4O. The van der Waals surface area contributed by atoms with E-state index in [0.29, 0.717) is 27.3 Å². The molecule has 0 aliphatic carbocycles. The molecule has 3 rings (SSSR count). The van der Waals surface area contributed by atoms with Crippen LogP contribution in [0.2, 0.25) is 5.02 Å². The lowest BCUT2D eigenvalue weighted by Gasteiger charge is -2.01. The number of nitrogens with zero attached hydrogens (tertiary/aromatic N) is 4. The topological polar surface area (TPSA) is 60.7 Å². The predicted octanol–water partition coefficient (Wildman–Crippen LogP) is 2.25. The lowest BCUT2D eigenvalue weighted by atomic mass is 10.1. The van der Waals surface area contributed by atoms with E-state index in [9.17, 15) is 4.79 Å². The van der Waals surface area contributed by atoms with Gasteiger partial charge in [0.05, 0.1) is 11.6 Å². The van der Waals surface area contributed by atoms with Crippen LogP contribution in [0.4, 0.5) is 0 Å². The first-order valence-corrected chi connectivity index (χ1v) is 5.97. The van der Waals surface area contributed by atoms with Gasteiger partial charge in [-0.2, -0.15) is 5.10 Å². The number of aromatic nitrogens is 4. The first-order chi connectivity index (χ1) is 9.16. The molecule has 0 unspecified atom stereocenters. The van der Waals surface area contributed by atoms with E-state index in [2.05, 4.69) is 15.1 Å². The van der Waals surface area contributed by atoms with Crippen molar-refractivity contribution in [3.05, 3.63) is 53.1 Å². The van der Waals surface area contributed by atoms with E-state index in [-0.39, 0.29) is 5.78 Å². The fraction of sp³-hybridized carbons (Fsp3) is 0.0769. The Labute approximate surface area is 113 Å². The van der Waals surface area contributed by atoms with Gasteiger partial charge in [-0.3, -0.25) is 9.48 Å². The van der Waals surface area contributed by atoms with Crippen molar-refractivity contribution in [3.8, 4) is 0 Å². The van der Waals surface area contributed by atoms with Gasteiger partial charge in [-0.15, -0.1) is 0 Å². The second-order valence-electron chi connectivity index (χ2n) is 4.06. The minimum absolute atomic E-state index is 0.169. The maximum absolute atomic E-state index is 12.4. The number of aryl methyl sites for hydroxylation is 1. The molecule has 6 heteroatoms. The Morgan fingerprint density at radius 3 is 2.68 bits per heavy atom. The Bertz CT molecular complexity index is 764. The molecule has 0 saturated heterocycles. The van der Waals surface area contributed by atoms with Crippen LogP contribution in [0.3, 0.4) is 0 Å². The number of carbonyl (C=O) groups is 1. The molecule has 0 amide bonds. The third-order valence-electron chi connectivity index (χ3n) is 2.85. The highest BCUT2D eigenvalue weighted by Gasteiger charge is 2.16. The maximum atomic E-state index is 12.4. The summed E-state index contributed by atoms with van der Waals surface area (Å²) in [5.74, 6) is -0.169. The molecule has 0 fully saturated rings. The zero-order valence-electron chi connectivity index (χ0n) is 10.0. The summed E-state index contributed by atoms with van der Waals surface area (Å²) in [7, 11) is 1.77. The molecule has 0 bridgehead atoms. The van der Waals surface area contributed by atoms with E-state index in [0.717, 1.165) is 0 Å². The highest BCUT2D eigenvalue weighted by Crippen LogP contribution is 2.18. The molecule has 0 aliphatic rings. The Balaban J connectivity index is 2.14. The van der Waals surface area contributed by atoms with E-state index < -0.39 is 0 Å². The quantitative estimate of drug-likeness (QED) is 0.671. The molecule has 2 aromatic heterocycles. The summed E-state index contributed by atoms with van der Waals surface area (Å²) < 4.78 is 1.61. The number of hydrogen-bond acceptors (Lipinski definition) is 4. The van der Waals surface area contributed by atoms with Crippen LogP contribution < -0.4 is 0 Å². The van der Waals surface area contributed by atoms with Crippen LogP contribution in [-0.4, -0.2) is 25.5 Å². The minimum Gasteiger partial charge on any atom is -0.287 e. The highest BCUT2D eigenvalue weighted by molar-refractivity contribution is 6.30. The third kappa shape index (κ3) is 1.98. The van der Waals surface area contributed by atoms with Gasteiger partial charge in [-0.1, -0.05) is 11.6 Å². The average molecular weight is 273 g/mol. The van der Waals surface area contributed by atoms with Crippen molar-refractivity contribution in [2.75, 3.05) is 0 Å². The van der Waals surface area contributed by atoms with Gasteiger partial charge in [0, 0.05) is 17.6 Å². The van der Waals surface area contributed by atoms with Crippen molar-refractivity contribution in [2.45, 2.75) is 0 Å². The van der Waals surface area contributed by atoms with Gasteiger partial charge in [-0.25, -0.2) is 9.97 Å². The highest BCUT2D eigenvalue weighted by atomic mass is 35.5. The number of fused-ring (bicyclic) bond motifs is 1. The van der Waals surface area contributed by atoms with Crippen LogP contribution >= 0.6 is 11.6 Å². The summed E-state index contributed by atoms with van der Waals surface area (Å²) in [6, 6.07) is 6.71. The lowest BCUT2D eigenvalue weighted by Crippen LogP contribution is -2.05. The molecule has 2 heterocycles. The normalized spacial score (nSPS) is 10.8. The van der Waals surface area contributed by atoms with Gasteiger partial charge < -0.3 is 0 Å². The first-order valence-electron chi connectivity index (χ1n) is 5.60. The number of ketones is 1. The SMILES string of the molecule is Cn1ncc2c(C(=O)c3ccc(Cl)cc3)ncnc21. The van der Waals surface area contributed by atoms with Crippen molar-refractivity contribution in [1.82, 2.24) is 19.7 Å². The monoisotopic (exact) mass is 272 g/mol. The number of rotatable bonds is 2. The van der Waals surface area contributed by atoms with Crippen LogP contribution in [0.5, 0.6) is 0 Å².